The second-order valence-corrected chi connectivity index (χ2v) is 3.40. The van der Waals surface area contributed by atoms with E-state index in [1.807, 2.05) is 0 Å². The summed E-state index contributed by atoms with van der Waals surface area (Å²) in [7, 11) is -4.16. The van der Waals surface area contributed by atoms with E-state index in [9.17, 15) is 8.42 Å². The van der Waals surface area contributed by atoms with E-state index in [1.165, 1.54) is 18.2 Å². The molecule has 7 heteroatoms. The minimum atomic E-state index is -4.16. The highest BCUT2D eigenvalue weighted by Gasteiger charge is 2.11. The molecule has 0 aliphatic heterocycles. The number of para-hydroxylation sites is 1. The summed E-state index contributed by atoms with van der Waals surface area (Å²) < 4.78 is 29.6. The summed E-state index contributed by atoms with van der Waals surface area (Å²) in [5.41, 5.74) is 5.32. The fourth-order valence-corrected chi connectivity index (χ4v) is 1.33. The average Bonchev–Trinajstić information content (AvgIpc) is 2.07. The highest BCUT2D eigenvalue weighted by molar-refractivity contribution is 7.86. The molecule has 1 rings (SSSR count). The SMILES string of the molecule is N#N.Nc1ccccc1S(=O)(=O)O. The zero-order chi connectivity index (χ0) is 10.5. The first-order chi connectivity index (χ1) is 6.02. The van der Waals surface area contributed by atoms with Crippen molar-refractivity contribution in [1.82, 2.24) is 0 Å². The minimum absolute atomic E-state index is 0.0509. The lowest BCUT2D eigenvalue weighted by Crippen LogP contribution is -2.01. The Morgan fingerprint density at radius 2 is 1.69 bits per heavy atom. The lowest BCUT2D eigenvalue weighted by molar-refractivity contribution is 0.483. The van der Waals surface area contributed by atoms with Crippen molar-refractivity contribution in [3.63, 3.8) is 0 Å². The predicted octanol–water partition coefficient (Wildman–Crippen LogP) is 0.546. The van der Waals surface area contributed by atoms with Gasteiger partial charge in [0, 0.05) is 10.8 Å². The summed E-state index contributed by atoms with van der Waals surface area (Å²) in [5.74, 6) is 0. The third kappa shape index (κ3) is 3.06. The molecule has 0 aromatic heterocycles. The summed E-state index contributed by atoms with van der Waals surface area (Å²) in [4.78, 5) is -0.250. The van der Waals surface area contributed by atoms with Crippen LogP contribution in [-0.4, -0.2) is 13.0 Å². The molecule has 13 heavy (non-hydrogen) atoms. The lowest BCUT2D eigenvalue weighted by Gasteiger charge is -1.98. The maximum atomic E-state index is 10.5. The van der Waals surface area contributed by atoms with Crippen LogP contribution in [0.25, 0.3) is 0 Å². The second kappa shape index (κ2) is 4.39. The van der Waals surface area contributed by atoms with E-state index in [0.29, 0.717) is 0 Å². The fraction of sp³-hybridized carbons (Fsp3) is 0. The van der Waals surface area contributed by atoms with E-state index in [1.54, 1.807) is 6.07 Å². The van der Waals surface area contributed by atoms with Crippen molar-refractivity contribution in [3.05, 3.63) is 24.3 Å². The highest BCUT2D eigenvalue weighted by atomic mass is 32.2. The zero-order valence-electron chi connectivity index (χ0n) is 6.45. The summed E-state index contributed by atoms with van der Waals surface area (Å²) in [6.45, 7) is 0. The van der Waals surface area contributed by atoms with Gasteiger partial charge in [0.05, 0.1) is 5.69 Å². The number of hydrogen-bond acceptors (Lipinski definition) is 5. The van der Waals surface area contributed by atoms with Crippen LogP contribution in [0.4, 0.5) is 5.69 Å². The number of benzene rings is 1. The van der Waals surface area contributed by atoms with Crippen molar-refractivity contribution < 1.29 is 13.0 Å². The van der Waals surface area contributed by atoms with Gasteiger partial charge in [-0.25, -0.2) is 0 Å². The normalized spacial score (nSPS) is 9.77. The maximum Gasteiger partial charge on any atom is 0.296 e. The third-order valence-electron chi connectivity index (χ3n) is 1.20. The van der Waals surface area contributed by atoms with Crippen molar-refractivity contribution in [2.75, 3.05) is 5.73 Å². The maximum absolute atomic E-state index is 10.5. The van der Waals surface area contributed by atoms with Gasteiger partial charge in [0.15, 0.2) is 0 Å². The van der Waals surface area contributed by atoms with E-state index >= 15 is 0 Å². The summed E-state index contributed by atoms with van der Waals surface area (Å²) in [6, 6.07) is 5.72. The molecule has 0 aliphatic carbocycles. The molecular weight excluding hydrogens is 194 g/mol. The van der Waals surface area contributed by atoms with Gasteiger partial charge >= 0.3 is 0 Å². The van der Waals surface area contributed by atoms with Gasteiger partial charge in [-0.1, -0.05) is 12.1 Å². The van der Waals surface area contributed by atoms with Crippen LogP contribution in [0.2, 0.25) is 0 Å². The molecule has 1 aromatic rings. The van der Waals surface area contributed by atoms with Crippen LogP contribution in [0.15, 0.2) is 29.2 Å². The Labute approximate surface area is 75.2 Å². The molecular formula is C6H7N3O3S. The molecule has 3 N–H and O–H groups in total. The van der Waals surface area contributed by atoms with Crippen LogP contribution in [-0.2, 0) is 10.1 Å². The van der Waals surface area contributed by atoms with Gasteiger partial charge in [0.25, 0.3) is 10.1 Å². The first-order valence-electron chi connectivity index (χ1n) is 3.04. The Kier molecular flexibility index (Phi) is 3.84. The Hall–Kier alpha value is -1.65. The van der Waals surface area contributed by atoms with Crippen molar-refractivity contribution in [3.8, 4) is 0 Å². The quantitative estimate of drug-likeness (QED) is 0.387. The average molecular weight is 201 g/mol. The van der Waals surface area contributed by atoms with E-state index < -0.39 is 10.1 Å². The number of nitrogen functional groups attached to an aromatic ring is 1. The fourth-order valence-electron chi connectivity index (χ4n) is 0.715. The largest absolute Gasteiger partial charge is 0.398 e. The van der Waals surface area contributed by atoms with Crippen molar-refractivity contribution in [2.45, 2.75) is 4.90 Å². The molecule has 0 spiro atoms. The molecule has 0 saturated heterocycles. The Balaban J connectivity index is 0.000000671. The van der Waals surface area contributed by atoms with E-state index in [4.69, 9.17) is 21.1 Å². The molecule has 0 atom stereocenters. The molecule has 1 aromatic carbocycles. The number of hydrogen-bond donors (Lipinski definition) is 2. The lowest BCUT2D eigenvalue weighted by atomic mass is 10.3. The van der Waals surface area contributed by atoms with E-state index in [0.717, 1.165) is 0 Å². The van der Waals surface area contributed by atoms with Gasteiger partial charge in [-0.15, -0.1) is 0 Å². The Bertz CT molecular complexity index is 399. The van der Waals surface area contributed by atoms with Crippen LogP contribution >= 0.6 is 0 Å². The first-order valence-corrected chi connectivity index (χ1v) is 4.48. The minimum Gasteiger partial charge on any atom is -0.398 e. The molecule has 6 nitrogen and oxygen atoms in total. The van der Waals surface area contributed by atoms with Gasteiger partial charge in [0.1, 0.15) is 4.90 Å². The van der Waals surface area contributed by atoms with E-state index in [2.05, 4.69) is 0 Å². The summed E-state index contributed by atoms with van der Waals surface area (Å²) >= 11 is 0. The first kappa shape index (κ1) is 11.4. The molecule has 0 fully saturated rings. The molecule has 70 valence electrons. The smallest absolute Gasteiger partial charge is 0.296 e. The van der Waals surface area contributed by atoms with Crippen LogP contribution in [0, 0.1) is 10.8 Å². The van der Waals surface area contributed by atoms with Crippen molar-refractivity contribution >= 4 is 15.8 Å². The molecule has 0 unspecified atom stereocenters. The number of rotatable bonds is 1. The molecule has 0 aliphatic rings. The van der Waals surface area contributed by atoms with Gasteiger partial charge in [-0.05, 0) is 12.1 Å². The summed E-state index contributed by atoms with van der Waals surface area (Å²) in [6.07, 6.45) is 0. The van der Waals surface area contributed by atoms with Crippen LogP contribution in [0.3, 0.4) is 0 Å². The highest BCUT2D eigenvalue weighted by Crippen LogP contribution is 2.15. The van der Waals surface area contributed by atoms with Gasteiger partial charge < -0.3 is 5.73 Å². The predicted molar refractivity (Wildman–Crippen MR) is 44.1 cm³/mol. The van der Waals surface area contributed by atoms with Gasteiger partial charge in [-0.3, -0.25) is 4.55 Å². The van der Waals surface area contributed by atoms with Crippen molar-refractivity contribution in [2.24, 2.45) is 0 Å². The number of anilines is 1. The molecule has 0 saturated carbocycles. The topological polar surface area (TPSA) is 128 Å². The second-order valence-electron chi connectivity index (χ2n) is 2.01. The van der Waals surface area contributed by atoms with Gasteiger partial charge in [0.2, 0.25) is 0 Å². The standard InChI is InChI=1S/C6H7NO3S.N2/c7-5-3-1-2-4-6(5)11(8,9)10;1-2/h1-4H,7H2,(H,8,9,10);. The summed E-state index contributed by atoms with van der Waals surface area (Å²) in [5, 5.41) is 12.0. The molecule has 0 heterocycles. The van der Waals surface area contributed by atoms with Crippen LogP contribution in [0.5, 0.6) is 0 Å². The van der Waals surface area contributed by atoms with Crippen LogP contribution < -0.4 is 5.73 Å². The Morgan fingerprint density at radius 3 is 2.00 bits per heavy atom. The van der Waals surface area contributed by atoms with Crippen molar-refractivity contribution in [1.29, 1.82) is 10.8 Å². The van der Waals surface area contributed by atoms with Gasteiger partial charge in [-0.2, -0.15) is 8.42 Å². The van der Waals surface area contributed by atoms with E-state index in [-0.39, 0.29) is 10.6 Å². The Morgan fingerprint density at radius 1 is 1.23 bits per heavy atom. The molecule has 0 radical (unpaired) electrons. The molecule has 0 amide bonds. The number of nitrogens with zero attached hydrogens (tertiary/aromatic N) is 2. The zero-order valence-corrected chi connectivity index (χ0v) is 7.27. The molecule has 0 bridgehead atoms. The number of nitrogens with two attached hydrogens (primary N) is 1. The van der Waals surface area contributed by atoms with Crippen LogP contribution in [0.1, 0.15) is 0 Å². The third-order valence-corrected chi connectivity index (χ3v) is 2.12. The monoisotopic (exact) mass is 201 g/mol.